The molecule has 0 radical (unpaired) electrons. The SMILES string of the molecule is CCOC(=O)C(O[C@@H](c1ccccc1)n1cnc2c(Cl)ncnc21)C(=O)OCC. The molecule has 0 amide bonds. The maximum absolute atomic E-state index is 12.4. The van der Waals surface area contributed by atoms with Crippen molar-refractivity contribution in [3.8, 4) is 0 Å². The Morgan fingerprint density at radius 2 is 1.69 bits per heavy atom. The summed E-state index contributed by atoms with van der Waals surface area (Å²) in [6.07, 6.45) is 0.232. The lowest BCUT2D eigenvalue weighted by Gasteiger charge is -2.24. The fourth-order valence-corrected chi connectivity index (χ4v) is 2.87. The molecule has 3 rings (SSSR count). The van der Waals surface area contributed by atoms with Gasteiger partial charge >= 0.3 is 11.9 Å². The Morgan fingerprint density at radius 3 is 2.31 bits per heavy atom. The number of carbonyl (C=O) groups excluding carboxylic acids is 2. The van der Waals surface area contributed by atoms with Crippen molar-refractivity contribution in [1.82, 2.24) is 19.5 Å². The van der Waals surface area contributed by atoms with Crippen LogP contribution in [-0.4, -0.2) is 50.8 Å². The summed E-state index contributed by atoms with van der Waals surface area (Å²) in [5.74, 6) is -1.69. The van der Waals surface area contributed by atoms with Gasteiger partial charge in [0.1, 0.15) is 11.8 Å². The minimum Gasteiger partial charge on any atom is -0.464 e. The van der Waals surface area contributed by atoms with Crippen LogP contribution in [0.5, 0.6) is 0 Å². The van der Waals surface area contributed by atoms with Crippen LogP contribution in [-0.2, 0) is 23.8 Å². The Balaban J connectivity index is 2.06. The number of fused-ring (bicyclic) bond motifs is 1. The van der Waals surface area contributed by atoms with E-state index in [9.17, 15) is 9.59 Å². The molecule has 2 aromatic heterocycles. The predicted molar refractivity (Wildman–Crippen MR) is 103 cm³/mol. The molecule has 3 aromatic rings. The first-order chi connectivity index (χ1) is 14.1. The molecule has 0 aliphatic rings. The molecule has 0 aliphatic heterocycles. The number of nitrogens with zero attached hydrogens (tertiary/aromatic N) is 4. The van der Waals surface area contributed by atoms with Gasteiger partial charge in [0.2, 0.25) is 0 Å². The Hall–Kier alpha value is -3.04. The van der Waals surface area contributed by atoms with Crippen LogP contribution in [0.15, 0.2) is 43.0 Å². The number of benzene rings is 1. The number of rotatable bonds is 8. The third-order valence-electron chi connectivity index (χ3n) is 3.92. The minimum absolute atomic E-state index is 0.0882. The molecule has 0 saturated carbocycles. The van der Waals surface area contributed by atoms with Gasteiger partial charge in [0.15, 0.2) is 17.0 Å². The van der Waals surface area contributed by atoms with Gasteiger partial charge in [-0.3, -0.25) is 4.57 Å². The van der Waals surface area contributed by atoms with E-state index in [1.165, 1.54) is 12.7 Å². The lowest BCUT2D eigenvalue weighted by atomic mass is 10.2. The maximum Gasteiger partial charge on any atom is 0.347 e. The average molecular weight is 419 g/mol. The van der Waals surface area contributed by atoms with E-state index in [-0.39, 0.29) is 18.4 Å². The van der Waals surface area contributed by atoms with Gasteiger partial charge in [-0.15, -0.1) is 0 Å². The van der Waals surface area contributed by atoms with Gasteiger partial charge in [-0.05, 0) is 13.8 Å². The van der Waals surface area contributed by atoms with E-state index in [0.29, 0.717) is 16.7 Å². The van der Waals surface area contributed by atoms with Crippen LogP contribution in [0.25, 0.3) is 11.2 Å². The molecule has 10 heteroatoms. The van der Waals surface area contributed by atoms with Crippen LogP contribution in [0.1, 0.15) is 25.6 Å². The maximum atomic E-state index is 12.4. The predicted octanol–water partition coefficient (Wildman–Crippen LogP) is 2.54. The summed E-state index contributed by atoms with van der Waals surface area (Å²) in [4.78, 5) is 37.1. The van der Waals surface area contributed by atoms with E-state index in [0.717, 1.165) is 0 Å². The first kappa shape index (κ1) is 20.7. The van der Waals surface area contributed by atoms with Crippen LogP contribution in [0.3, 0.4) is 0 Å². The summed E-state index contributed by atoms with van der Waals surface area (Å²) in [6.45, 7) is 3.45. The standard InChI is InChI=1S/C19H19ClN4O5/c1-3-27-18(25)14(19(26)28-4-2)29-17(12-8-6-5-7-9-12)24-11-23-13-15(20)21-10-22-16(13)24/h5-11,14,17H,3-4H2,1-2H3/t17-/m0/s1. The second-order valence-electron chi connectivity index (χ2n) is 5.77. The number of hydrogen-bond donors (Lipinski definition) is 0. The summed E-state index contributed by atoms with van der Waals surface area (Å²) >= 11 is 6.09. The normalized spacial score (nSPS) is 12.1. The molecular weight excluding hydrogens is 400 g/mol. The van der Waals surface area contributed by atoms with Crippen LogP contribution in [0.4, 0.5) is 0 Å². The third-order valence-corrected chi connectivity index (χ3v) is 4.19. The molecule has 152 valence electrons. The molecule has 9 nitrogen and oxygen atoms in total. The molecule has 0 fully saturated rings. The fourth-order valence-electron chi connectivity index (χ4n) is 2.69. The number of imidazole rings is 1. The third kappa shape index (κ3) is 4.52. The van der Waals surface area contributed by atoms with Crippen molar-refractivity contribution >= 4 is 34.7 Å². The van der Waals surface area contributed by atoms with Gasteiger partial charge < -0.3 is 14.2 Å². The first-order valence-corrected chi connectivity index (χ1v) is 9.31. The molecule has 29 heavy (non-hydrogen) atoms. The fraction of sp³-hybridized carbons (Fsp3) is 0.316. The molecule has 2 heterocycles. The topological polar surface area (TPSA) is 105 Å². The second kappa shape index (κ2) is 9.44. The van der Waals surface area contributed by atoms with Gasteiger partial charge in [-0.25, -0.2) is 24.5 Å². The monoisotopic (exact) mass is 418 g/mol. The van der Waals surface area contributed by atoms with Crippen molar-refractivity contribution in [2.24, 2.45) is 0 Å². The van der Waals surface area contributed by atoms with Gasteiger partial charge in [0, 0.05) is 5.56 Å². The molecule has 0 N–H and O–H groups in total. The van der Waals surface area contributed by atoms with E-state index in [4.69, 9.17) is 25.8 Å². The average Bonchev–Trinajstić information content (AvgIpc) is 3.15. The molecule has 1 aromatic carbocycles. The number of carbonyl (C=O) groups is 2. The van der Waals surface area contributed by atoms with Crippen LogP contribution in [0.2, 0.25) is 5.15 Å². The van der Waals surface area contributed by atoms with Gasteiger partial charge in [-0.1, -0.05) is 41.9 Å². The largest absolute Gasteiger partial charge is 0.464 e. The lowest BCUT2D eigenvalue weighted by Crippen LogP contribution is -2.38. The van der Waals surface area contributed by atoms with Gasteiger partial charge in [0.05, 0.1) is 19.5 Å². The zero-order chi connectivity index (χ0) is 20.8. The van der Waals surface area contributed by atoms with Crippen LogP contribution >= 0.6 is 11.6 Å². The smallest absolute Gasteiger partial charge is 0.347 e. The Kier molecular flexibility index (Phi) is 6.73. The van der Waals surface area contributed by atoms with Crippen molar-refractivity contribution in [2.45, 2.75) is 26.2 Å². The summed E-state index contributed by atoms with van der Waals surface area (Å²) in [6, 6.07) is 9.01. The van der Waals surface area contributed by atoms with E-state index >= 15 is 0 Å². The Labute approximate surface area is 171 Å². The van der Waals surface area contributed by atoms with Crippen molar-refractivity contribution in [1.29, 1.82) is 0 Å². The lowest BCUT2D eigenvalue weighted by molar-refractivity contribution is -0.178. The molecule has 0 aliphatic carbocycles. The van der Waals surface area contributed by atoms with Crippen LogP contribution < -0.4 is 0 Å². The van der Waals surface area contributed by atoms with E-state index in [1.54, 1.807) is 42.7 Å². The van der Waals surface area contributed by atoms with E-state index in [1.807, 2.05) is 6.07 Å². The molecule has 1 atom stereocenters. The van der Waals surface area contributed by atoms with Crippen molar-refractivity contribution in [2.75, 3.05) is 13.2 Å². The number of ether oxygens (including phenoxy) is 3. The molecular formula is C19H19ClN4O5. The number of halogens is 1. The first-order valence-electron chi connectivity index (χ1n) is 8.93. The molecule has 0 unspecified atom stereocenters. The zero-order valence-electron chi connectivity index (χ0n) is 15.8. The minimum atomic E-state index is -1.59. The van der Waals surface area contributed by atoms with Crippen molar-refractivity contribution in [3.63, 3.8) is 0 Å². The van der Waals surface area contributed by atoms with Gasteiger partial charge in [0.25, 0.3) is 6.10 Å². The zero-order valence-corrected chi connectivity index (χ0v) is 16.6. The highest BCUT2D eigenvalue weighted by Crippen LogP contribution is 2.27. The van der Waals surface area contributed by atoms with Crippen LogP contribution in [0, 0.1) is 0 Å². The van der Waals surface area contributed by atoms with Crippen molar-refractivity contribution < 1.29 is 23.8 Å². The summed E-state index contributed by atoms with van der Waals surface area (Å²) in [7, 11) is 0. The quantitative estimate of drug-likeness (QED) is 0.312. The summed E-state index contributed by atoms with van der Waals surface area (Å²) in [5.41, 5.74) is 1.40. The highest BCUT2D eigenvalue weighted by Gasteiger charge is 2.35. The second-order valence-corrected chi connectivity index (χ2v) is 6.13. The Bertz CT molecular complexity index is 977. The number of esters is 2. The highest BCUT2D eigenvalue weighted by molar-refractivity contribution is 6.33. The number of aromatic nitrogens is 4. The van der Waals surface area contributed by atoms with Crippen molar-refractivity contribution in [3.05, 3.63) is 53.7 Å². The van der Waals surface area contributed by atoms with Gasteiger partial charge in [-0.2, -0.15) is 0 Å². The molecule has 0 saturated heterocycles. The molecule has 0 bridgehead atoms. The summed E-state index contributed by atoms with van der Waals surface area (Å²) < 4.78 is 17.5. The summed E-state index contributed by atoms with van der Waals surface area (Å²) in [5, 5.41) is 0.174. The Morgan fingerprint density at radius 1 is 1.03 bits per heavy atom. The highest BCUT2D eigenvalue weighted by atomic mass is 35.5. The van der Waals surface area contributed by atoms with E-state index < -0.39 is 24.3 Å². The molecule has 0 spiro atoms. The van der Waals surface area contributed by atoms with E-state index in [2.05, 4.69) is 15.0 Å². The number of hydrogen-bond acceptors (Lipinski definition) is 8.